The minimum atomic E-state index is -0.233. The minimum absolute atomic E-state index is 0.233. The summed E-state index contributed by atoms with van der Waals surface area (Å²) >= 11 is 0. The molecule has 1 rings (SSSR count). The molecule has 1 aromatic rings. The van der Waals surface area contributed by atoms with E-state index >= 15 is 0 Å². The quantitative estimate of drug-likeness (QED) is 0.684. The molecule has 5 nitrogen and oxygen atoms in total. The summed E-state index contributed by atoms with van der Waals surface area (Å²) in [5.74, 6) is 0.291. The lowest BCUT2D eigenvalue weighted by molar-refractivity contribution is -0.0758. The number of hydrogen-bond donors (Lipinski definition) is 0. The molecule has 0 N–H and O–H groups in total. The van der Waals surface area contributed by atoms with E-state index in [2.05, 4.69) is 5.16 Å². The predicted octanol–water partition coefficient (Wildman–Crippen LogP) is 1.18. The fraction of sp³-hybridized carbons (Fsp3) is 0.556. The Morgan fingerprint density at radius 1 is 1.64 bits per heavy atom. The van der Waals surface area contributed by atoms with E-state index in [0.717, 1.165) is 5.06 Å². The monoisotopic (exact) mass is 198 g/mol. The summed E-state index contributed by atoms with van der Waals surface area (Å²) in [4.78, 5) is 16.5. The molecule has 0 aliphatic rings. The first-order valence-electron chi connectivity index (χ1n) is 4.39. The molecular formula is C9H14N2O3. The first-order valence-corrected chi connectivity index (χ1v) is 4.39. The Balaban J connectivity index is 3.04. The van der Waals surface area contributed by atoms with Crippen LogP contribution in [-0.4, -0.2) is 30.3 Å². The van der Waals surface area contributed by atoms with Gasteiger partial charge < -0.3 is 4.52 Å². The lowest BCUT2D eigenvalue weighted by atomic mass is 10.1. The van der Waals surface area contributed by atoms with Gasteiger partial charge in [-0.25, -0.2) is 5.06 Å². The molecule has 0 unspecified atom stereocenters. The fourth-order valence-electron chi connectivity index (χ4n) is 1.17. The molecular weight excluding hydrogens is 184 g/mol. The van der Waals surface area contributed by atoms with Gasteiger partial charge in [-0.3, -0.25) is 9.63 Å². The number of hydroxylamine groups is 2. The molecule has 0 aliphatic heterocycles. The maximum absolute atomic E-state index is 11.7. The van der Waals surface area contributed by atoms with Crippen molar-refractivity contribution < 1.29 is 14.2 Å². The van der Waals surface area contributed by atoms with E-state index < -0.39 is 0 Å². The molecule has 0 spiro atoms. The summed E-state index contributed by atoms with van der Waals surface area (Å²) in [7, 11) is 2.99. The van der Waals surface area contributed by atoms with Crippen LogP contribution in [0.15, 0.2) is 4.52 Å². The van der Waals surface area contributed by atoms with Crippen molar-refractivity contribution >= 4 is 5.91 Å². The first-order chi connectivity index (χ1) is 6.61. The van der Waals surface area contributed by atoms with Crippen molar-refractivity contribution in [2.45, 2.75) is 20.3 Å². The van der Waals surface area contributed by atoms with Gasteiger partial charge in [-0.1, -0.05) is 12.1 Å². The molecule has 78 valence electrons. The zero-order valence-corrected chi connectivity index (χ0v) is 8.83. The van der Waals surface area contributed by atoms with E-state index in [-0.39, 0.29) is 5.91 Å². The second-order valence-electron chi connectivity index (χ2n) is 2.90. The molecule has 5 heteroatoms. The van der Waals surface area contributed by atoms with Crippen LogP contribution in [0.5, 0.6) is 0 Å². The number of rotatable bonds is 3. The second-order valence-corrected chi connectivity index (χ2v) is 2.90. The molecule has 1 amide bonds. The SMILES string of the molecule is CCc1noc(C)c1C(=O)N(C)OC. The van der Waals surface area contributed by atoms with Crippen molar-refractivity contribution in [1.82, 2.24) is 10.2 Å². The fourth-order valence-corrected chi connectivity index (χ4v) is 1.17. The minimum Gasteiger partial charge on any atom is -0.361 e. The molecule has 0 atom stereocenters. The number of carbonyl (C=O) groups excluding carboxylic acids is 1. The van der Waals surface area contributed by atoms with Crippen LogP contribution in [0.3, 0.4) is 0 Å². The van der Waals surface area contributed by atoms with Crippen LogP contribution in [0.25, 0.3) is 0 Å². The molecule has 0 aromatic carbocycles. The Kier molecular flexibility index (Phi) is 3.24. The highest BCUT2D eigenvalue weighted by Crippen LogP contribution is 2.15. The van der Waals surface area contributed by atoms with Gasteiger partial charge in [-0.15, -0.1) is 0 Å². The average molecular weight is 198 g/mol. The number of amides is 1. The highest BCUT2D eigenvalue weighted by molar-refractivity contribution is 5.95. The molecule has 0 radical (unpaired) electrons. The Morgan fingerprint density at radius 2 is 2.29 bits per heavy atom. The average Bonchev–Trinajstić information content (AvgIpc) is 2.57. The normalized spacial score (nSPS) is 10.3. The molecule has 14 heavy (non-hydrogen) atoms. The number of carbonyl (C=O) groups is 1. The summed E-state index contributed by atoms with van der Waals surface area (Å²) in [5, 5.41) is 4.95. The lowest BCUT2D eigenvalue weighted by Crippen LogP contribution is -2.26. The maximum Gasteiger partial charge on any atom is 0.282 e. The van der Waals surface area contributed by atoms with Gasteiger partial charge >= 0.3 is 0 Å². The third kappa shape index (κ3) is 1.77. The number of aromatic nitrogens is 1. The van der Waals surface area contributed by atoms with Crippen molar-refractivity contribution in [2.75, 3.05) is 14.2 Å². The van der Waals surface area contributed by atoms with E-state index in [1.54, 1.807) is 14.0 Å². The summed E-state index contributed by atoms with van der Waals surface area (Å²) in [6, 6.07) is 0. The van der Waals surface area contributed by atoms with E-state index in [1.165, 1.54) is 7.11 Å². The highest BCUT2D eigenvalue weighted by Gasteiger charge is 2.22. The molecule has 0 saturated heterocycles. The van der Waals surface area contributed by atoms with Crippen LogP contribution >= 0.6 is 0 Å². The standard InChI is InChI=1S/C9H14N2O3/c1-5-7-8(6(2)14-10-7)9(12)11(3)13-4/h5H2,1-4H3. The zero-order chi connectivity index (χ0) is 10.7. The van der Waals surface area contributed by atoms with Gasteiger partial charge in [0.2, 0.25) is 0 Å². The topological polar surface area (TPSA) is 55.6 Å². The zero-order valence-electron chi connectivity index (χ0n) is 8.83. The van der Waals surface area contributed by atoms with Gasteiger partial charge in [-0.05, 0) is 13.3 Å². The maximum atomic E-state index is 11.7. The van der Waals surface area contributed by atoms with Crippen molar-refractivity contribution in [1.29, 1.82) is 0 Å². The number of nitrogens with zero attached hydrogens (tertiary/aromatic N) is 2. The van der Waals surface area contributed by atoms with Gasteiger partial charge in [0, 0.05) is 7.05 Å². The molecule has 0 saturated carbocycles. The highest BCUT2D eigenvalue weighted by atomic mass is 16.7. The summed E-state index contributed by atoms with van der Waals surface area (Å²) in [6.45, 7) is 3.63. The van der Waals surface area contributed by atoms with Gasteiger partial charge in [0.15, 0.2) is 0 Å². The van der Waals surface area contributed by atoms with E-state index in [4.69, 9.17) is 9.36 Å². The van der Waals surface area contributed by atoms with E-state index in [1.807, 2.05) is 6.92 Å². The molecule has 1 aromatic heterocycles. The van der Waals surface area contributed by atoms with Crippen LogP contribution in [0.4, 0.5) is 0 Å². The summed E-state index contributed by atoms with van der Waals surface area (Å²) in [6.07, 6.45) is 0.663. The molecule has 0 bridgehead atoms. The smallest absolute Gasteiger partial charge is 0.282 e. The number of aryl methyl sites for hydroxylation is 2. The first kappa shape index (κ1) is 10.7. The third-order valence-electron chi connectivity index (χ3n) is 2.04. The van der Waals surface area contributed by atoms with Gasteiger partial charge in [0.05, 0.1) is 12.8 Å². The van der Waals surface area contributed by atoms with Crippen LogP contribution in [0, 0.1) is 6.92 Å². The van der Waals surface area contributed by atoms with Gasteiger partial charge in [-0.2, -0.15) is 0 Å². The molecule has 0 fully saturated rings. The Hall–Kier alpha value is -1.36. The van der Waals surface area contributed by atoms with Crippen molar-refractivity contribution in [3.63, 3.8) is 0 Å². The predicted molar refractivity (Wildman–Crippen MR) is 49.7 cm³/mol. The Labute approximate surface area is 82.6 Å². The Bertz CT molecular complexity index is 333. The second kappa shape index (κ2) is 4.23. The van der Waals surface area contributed by atoms with Gasteiger partial charge in [0.1, 0.15) is 11.3 Å². The van der Waals surface area contributed by atoms with Gasteiger partial charge in [0.25, 0.3) is 5.91 Å². The van der Waals surface area contributed by atoms with Crippen LogP contribution in [0.2, 0.25) is 0 Å². The third-order valence-corrected chi connectivity index (χ3v) is 2.04. The van der Waals surface area contributed by atoms with Crippen LogP contribution in [0.1, 0.15) is 28.7 Å². The largest absolute Gasteiger partial charge is 0.361 e. The number of hydrogen-bond acceptors (Lipinski definition) is 4. The van der Waals surface area contributed by atoms with E-state index in [9.17, 15) is 4.79 Å². The summed E-state index contributed by atoms with van der Waals surface area (Å²) in [5.41, 5.74) is 1.16. The summed E-state index contributed by atoms with van der Waals surface area (Å²) < 4.78 is 4.95. The van der Waals surface area contributed by atoms with Crippen LogP contribution < -0.4 is 0 Å². The molecule has 1 heterocycles. The van der Waals surface area contributed by atoms with Crippen LogP contribution in [-0.2, 0) is 11.3 Å². The van der Waals surface area contributed by atoms with Crippen molar-refractivity contribution in [2.24, 2.45) is 0 Å². The lowest BCUT2D eigenvalue weighted by Gasteiger charge is -2.12. The van der Waals surface area contributed by atoms with E-state index in [0.29, 0.717) is 23.4 Å². The molecule has 0 aliphatic carbocycles. The van der Waals surface area contributed by atoms with Crippen molar-refractivity contribution in [3.8, 4) is 0 Å². The van der Waals surface area contributed by atoms with Crippen molar-refractivity contribution in [3.05, 3.63) is 17.0 Å². The Morgan fingerprint density at radius 3 is 2.79 bits per heavy atom.